The van der Waals surface area contributed by atoms with Crippen LogP contribution in [0.1, 0.15) is 18.4 Å². The SMILES string of the molecule is CC[NH+](C)Cc1c([N+](=O)[O-])nc(C#N)n1C. The summed E-state index contributed by atoms with van der Waals surface area (Å²) in [5.74, 6) is -0.141. The Morgan fingerprint density at radius 3 is 2.75 bits per heavy atom. The molecule has 1 atom stereocenters. The van der Waals surface area contributed by atoms with Crippen LogP contribution in [0.15, 0.2) is 0 Å². The molecule has 1 unspecified atom stereocenters. The van der Waals surface area contributed by atoms with E-state index in [0.29, 0.717) is 12.2 Å². The van der Waals surface area contributed by atoms with Crippen LogP contribution in [0.4, 0.5) is 5.82 Å². The van der Waals surface area contributed by atoms with Gasteiger partial charge in [-0.3, -0.25) is 4.57 Å². The highest BCUT2D eigenvalue weighted by atomic mass is 16.6. The molecule has 86 valence electrons. The number of aromatic nitrogens is 2. The first-order valence-corrected chi connectivity index (χ1v) is 4.92. The molecule has 0 saturated carbocycles. The summed E-state index contributed by atoms with van der Waals surface area (Å²) in [6.45, 7) is 3.32. The lowest BCUT2D eigenvalue weighted by atomic mass is 10.4. The zero-order valence-corrected chi connectivity index (χ0v) is 9.52. The van der Waals surface area contributed by atoms with Crippen molar-refractivity contribution >= 4 is 5.82 Å². The van der Waals surface area contributed by atoms with Crippen LogP contribution in [-0.2, 0) is 13.6 Å². The Morgan fingerprint density at radius 2 is 2.31 bits per heavy atom. The lowest BCUT2D eigenvalue weighted by molar-refractivity contribution is -0.892. The van der Waals surface area contributed by atoms with E-state index in [9.17, 15) is 10.1 Å². The van der Waals surface area contributed by atoms with E-state index in [2.05, 4.69) is 4.98 Å². The number of nitrogens with one attached hydrogen (secondary N) is 1. The molecule has 1 aromatic heterocycles. The van der Waals surface area contributed by atoms with Crippen LogP contribution in [0.3, 0.4) is 0 Å². The van der Waals surface area contributed by atoms with Gasteiger partial charge in [-0.1, -0.05) is 0 Å². The monoisotopic (exact) mass is 224 g/mol. The second-order valence-corrected chi connectivity index (χ2v) is 3.62. The van der Waals surface area contributed by atoms with E-state index in [4.69, 9.17) is 5.26 Å². The number of imidazole rings is 1. The summed E-state index contributed by atoms with van der Waals surface area (Å²) in [6.07, 6.45) is 0. The van der Waals surface area contributed by atoms with Gasteiger partial charge in [-0.05, 0) is 16.8 Å². The third-order valence-electron chi connectivity index (χ3n) is 2.54. The molecule has 0 aliphatic rings. The normalized spacial score (nSPS) is 12.1. The summed E-state index contributed by atoms with van der Waals surface area (Å²) in [5.41, 5.74) is 0.487. The lowest BCUT2D eigenvalue weighted by Crippen LogP contribution is -3.07. The van der Waals surface area contributed by atoms with Crippen LogP contribution >= 0.6 is 0 Å². The van der Waals surface area contributed by atoms with Crippen molar-refractivity contribution in [2.24, 2.45) is 7.05 Å². The molecule has 7 nitrogen and oxygen atoms in total. The standard InChI is InChI=1S/C9H13N5O2/c1-4-12(2)6-7-9(14(15)16)11-8(5-10)13(7)3/h4,6H2,1-3H3/p+1. The second-order valence-electron chi connectivity index (χ2n) is 3.62. The van der Waals surface area contributed by atoms with Gasteiger partial charge in [0.15, 0.2) is 11.8 Å². The maximum Gasteiger partial charge on any atom is 0.392 e. The first-order valence-electron chi connectivity index (χ1n) is 4.92. The van der Waals surface area contributed by atoms with Crippen LogP contribution in [0.5, 0.6) is 0 Å². The summed E-state index contributed by atoms with van der Waals surface area (Å²) in [5, 5.41) is 19.6. The fraction of sp³-hybridized carbons (Fsp3) is 0.556. The topological polar surface area (TPSA) is 89.2 Å². The molecule has 0 spiro atoms. The van der Waals surface area contributed by atoms with Gasteiger partial charge in [0.1, 0.15) is 6.54 Å². The average Bonchev–Trinajstić information content (AvgIpc) is 2.56. The first-order chi connectivity index (χ1) is 7.51. The van der Waals surface area contributed by atoms with Crippen LogP contribution in [0.25, 0.3) is 0 Å². The Kier molecular flexibility index (Phi) is 3.58. The number of rotatable bonds is 4. The second kappa shape index (κ2) is 4.72. The minimum atomic E-state index is -0.543. The molecule has 16 heavy (non-hydrogen) atoms. The number of hydrogen-bond donors (Lipinski definition) is 1. The Balaban J connectivity index is 3.19. The van der Waals surface area contributed by atoms with E-state index in [0.717, 1.165) is 11.4 Å². The summed E-state index contributed by atoms with van der Waals surface area (Å²) < 4.78 is 1.48. The van der Waals surface area contributed by atoms with Crippen LogP contribution in [0, 0.1) is 21.4 Å². The third-order valence-corrected chi connectivity index (χ3v) is 2.54. The van der Waals surface area contributed by atoms with E-state index in [-0.39, 0.29) is 11.6 Å². The van der Waals surface area contributed by atoms with Gasteiger partial charge in [0, 0.05) is 7.05 Å². The van der Waals surface area contributed by atoms with Gasteiger partial charge in [-0.15, -0.1) is 0 Å². The van der Waals surface area contributed by atoms with Gasteiger partial charge in [0.05, 0.1) is 13.6 Å². The smallest absolute Gasteiger partial charge is 0.358 e. The predicted molar refractivity (Wildman–Crippen MR) is 55.7 cm³/mol. The van der Waals surface area contributed by atoms with Crippen molar-refractivity contribution in [2.45, 2.75) is 13.5 Å². The zero-order valence-electron chi connectivity index (χ0n) is 9.52. The maximum absolute atomic E-state index is 10.8. The molecule has 0 aliphatic heterocycles. The Bertz CT molecular complexity index is 445. The van der Waals surface area contributed by atoms with Crippen molar-refractivity contribution in [1.29, 1.82) is 5.26 Å². The lowest BCUT2D eigenvalue weighted by Gasteiger charge is -2.10. The van der Waals surface area contributed by atoms with Gasteiger partial charge < -0.3 is 15.0 Å². The number of quaternary nitrogens is 1. The Hall–Kier alpha value is -1.94. The Morgan fingerprint density at radius 1 is 1.69 bits per heavy atom. The quantitative estimate of drug-likeness (QED) is 0.537. The van der Waals surface area contributed by atoms with E-state index in [1.165, 1.54) is 4.57 Å². The average molecular weight is 224 g/mol. The van der Waals surface area contributed by atoms with Gasteiger partial charge in [0.2, 0.25) is 0 Å². The van der Waals surface area contributed by atoms with Crippen molar-refractivity contribution in [3.05, 3.63) is 21.6 Å². The third kappa shape index (κ3) is 2.17. The fourth-order valence-electron chi connectivity index (χ4n) is 1.37. The van der Waals surface area contributed by atoms with Gasteiger partial charge in [-0.25, -0.2) is 0 Å². The van der Waals surface area contributed by atoms with Crippen molar-refractivity contribution in [3.63, 3.8) is 0 Å². The zero-order chi connectivity index (χ0) is 12.3. The van der Waals surface area contributed by atoms with Crippen LogP contribution in [0.2, 0.25) is 0 Å². The van der Waals surface area contributed by atoms with E-state index < -0.39 is 4.92 Å². The predicted octanol–water partition coefficient (Wildman–Crippen LogP) is -0.765. The van der Waals surface area contributed by atoms with Gasteiger partial charge in [0.25, 0.3) is 0 Å². The molecular formula is C9H14N5O2+. The van der Waals surface area contributed by atoms with Crippen LogP contribution < -0.4 is 4.90 Å². The molecule has 1 N–H and O–H groups in total. The number of nitrogens with zero attached hydrogens (tertiary/aromatic N) is 4. The highest BCUT2D eigenvalue weighted by Gasteiger charge is 2.27. The number of nitro groups is 1. The van der Waals surface area contributed by atoms with Crippen molar-refractivity contribution in [2.75, 3.05) is 13.6 Å². The molecule has 0 radical (unpaired) electrons. The molecule has 1 heterocycles. The molecule has 1 rings (SSSR count). The summed E-state index contributed by atoms with van der Waals surface area (Å²) in [6, 6.07) is 1.84. The van der Waals surface area contributed by atoms with Crippen LogP contribution in [-0.4, -0.2) is 28.1 Å². The molecule has 1 aromatic rings. The summed E-state index contributed by atoms with van der Waals surface area (Å²) in [7, 11) is 3.56. The van der Waals surface area contributed by atoms with E-state index in [1.54, 1.807) is 7.05 Å². The minimum absolute atomic E-state index is 0.0746. The van der Waals surface area contributed by atoms with E-state index in [1.807, 2.05) is 20.0 Å². The first kappa shape index (κ1) is 12.1. The highest BCUT2D eigenvalue weighted by molar-refractivity contribution is 5.33. The molecular weight excluding hydrogens is 210 g/mol. The van der Waals surface area contributed by atoms with Gasteiger partial charge in [-0.2, -0.15) is 5.26 Å². The fourth-order valence-corrected chi connectivity index (χ4v) is 1.37. The van der Waals surface area contributed by atoms with Gasteiger partial charge >= 0.3 is 11.6 Å². The summed E-state index contributed by atoms with van der Waals surface area (Å²) in [4.78, 5) is 15.1. The minimum Gasteiger partial charge on any atom is -0.358 e. The highest BCUT2D eigenvalue weighted by Crippen LogP contribution is 2.16. The van der Waals surface area contributed by atoms with Crippen molar-refractivity contribution < 1.29 is 9.82 Å². The largest absolute Gasteiger partial charge is 0.392 e. The van der Waals surface area contributed by atoms with Crippen molar-refractivity contribution in [1.82, 2.24) is 9.55 Å². The molecule has 7 heteroatoms. The number of nitriles is 1. The van der Waals surface area contributed by atoms with Crippen molar-refractivity contribution in [3.8, 4) is 6.07 Å². The summed E-state index contributed by atoms with van der Waals surface area (Å²) >= 11 is 0. The number of hydrogen-bond acceptors (Lipinski definition) is 4. The molecule has 0 aromatic carbocycles. The van der Waals surface area contributed by atoms with E-state index >= 15 is 0 Å². The maximum atomic E-state index is 10.8. The molecule has 0 saturated heterocycles. The molecule has 0 bridgehead atoms. The molecule has 0 fully saturated rings. The molecule has 0 amide bonds. The molecule has 0 aliphatic carbocycles. The Labute approximate surface area is 93.1 Å².